The predicted molar refractivity (Wildman–Crippen MR) is 105 cm³/mol. The molecule has 1 amide bonds. The summed E-state index contributed by atoms with van der Waals surface area (Å²) < 4.78 is 10.7. The summed E-state index contributed by atoms with van der Waals surface area (Å²) in [5, 5.41) is 16.4. The van der Waals surface area contributed by atoms with Crippen LogP contribution in [0, 0.1) is 0 Å². The van der Waals surface area contributed by atoms with Gasteiger partial charge >= 0.3 is 0 Å². The molecule has 0 spiro atoms. The second-order valence-electron chi connectivity index (χ2n) is 6.67. The molecule has 8 heteroatoms. The lowest BCUT2D eigenvalue weighted by molar-refractivity contribution is 0.0984. The van der Waals surface area contributed by atoms with E-state index in [2.05, 4.69) is 10.6 Å². The molecular formula is C18H24Cl2N2O4. The van der Waals surface area contributed by atoms with E-state index < -0.39 is 12.0 Å². The Bertz CT molecular complexity index is 700. The number of rotatable bonds is 7. The molecule has 0 aliphatic rings. The molecule has 144 valence electrons. The van der Waals surface area contributed by atoms with Crippen LogP contribution in [0.25, 0.3) is 0 Å². The fourth-order valence-electron chi connectivity index (χ4n) is 1.99. The van der Waals surface area contributed by atoms with Crippen molar-refractivity contribution in [3.63, 3.8) is 0 Å². The number of anilines is 1. The normalized spacial score (nSPS) is 12.2. The Labute approximate surface area is 164 Å². The maximum atomic E-state index is 12.1. The Morgan fingerprint density at radius 2 is 2.08 bits per heavy atom. The van der Waals surface area contributed by atoms with Crippen LogP contribution in [0.3, 0.4) is 0 Å². The van der Waals surface area contributed by atoms with Crippen molar-refractivity contribution in [1.82, 2.24) is 5.32 Å². The summed E-state index contributed by atoms with van der Waals surface area (Å²) in [5.41, 5.74) is 0.313. The number of aliphatic hydroxyl groups excluding tert-OH is 1. The smallest absolute Gasteiger partial charge is 0.291 e. The first-order valence-electron chi connectivity index (χ1n) is 7.95. The quantitative estimate of drug-likeness (QED) is 0.656. The number of carbonyl (C=O) groups excluding carboxylic acids is 1. The van der Waals surface area contributed by atoms with Gasteiger partial charge in [0.15, 0.2) is 5.76 Å². The van der Waals surface area contributed by atoms with Crippen molar-refractivity contribution in [2.75, 3.05) is 18.5 Å². The van der Waals surface area contributed by atoms with Gasteiger partial charge < -0.3 is 24.9 Å². The number of aliphatic hydroxyl groups is 1. The Morgan fingerprint density at radius 3 is 2.69 bits per heavy atom. The van der Waals surface area contributed by atoms with Gasteiger partial charge in [-0.3, -0.25) is 4.79 Å². The number of hydrogen-bond donors (Lipinski definition) is 3. The maximum Gasteiger partial charge on any atom is 0.291 e. The molecule has 1 aromatic carbocycles. The van der Waals surface area contributed by atoms with Crippen LogP contribution in [-0.2, 0) is 0 Å². The minimum atomic E-state index is -0.691. The van der Waals surface area contributed by atoms with E-state index >= 15 is 0 Å². The van der Waals surface area contributed by atoms with Crippen LogP contribution in [-0.4, -0.2) is 35.8 Å². The summed E-state index contributed by atoms with van der Waals surface area (Å²) in [6, 6.07) is 8.06. The second kappa shape index (κ2) is 9.83. The number of hydrogen-bond acceptors (Lipinski definition) is 5. The molecule has 0 fully saturated rings. The fraction of sp³-hybridized carbons (Fsp3) is 0.389. The highest BCUT2D eigenvalue weighted by molar-refractivity contribution is 6.31. The van der Waals surface area contributed by atoms with Crippen molar-refractivity contribution in [2.24, 2.45) is 0 Å². The first-order chi connectivity index (χ1) is 11.7. The third-order valence-corrected chi connectivity index (χ3v) is 3.47. The highest BCUT2D eigenvalue weighted by Crippen LogP contribution is 2.28. The van der Waals surface area contributed by atoms with Crippen LogP contribution in [0.2, 0.25) is 5.02 Å². The van der Waals surface area contributed by atoms with Crippen LogP contribution in [0.4, 0.5) is 5.69 Å². The number of furan rings is 1. The third kappa shape index (κ3) is 7.25. The van der Waals surface area contributed by atoms with E-state index in [1.807, 2.05) is 20.8 Å². The number of β-amino-alcohol motifs (C(OH)–C–C–N with tert-alkyl or cyclic N) is 1. The van der Waals surface area contributed by atoms with Gasteiger partial charge in [-0.05, 0) is 51.1 Å². The minimum Gasteiger partial charge on any atom is -0.489 e. The average Bonchev–Trinajstić information content (AvgIpc) is 3.06. The highest BCUT2D eigenvalue weighted by Gasteiger charge is 2.15. The van der Waals surface area contributed by atoms with Gasteiger partial charge in [0, 0.05) is 17.1 Å². The van der Waals surface area contributed by atoms with Gasteiger partial charge in [-0.2, -0.15) is 0 Å². The highest BCUT2D eigenvalue weighted by atomic mass is 35.5. The number of benzene rings is 1. The van der Waals surface area contributed by atoms with Crippen molar-refractivity contribution in [3.05, 3.63) is 47.4 Å². The summed E-state index contributed by atoms with van der Waals surface area (Å²) >= 11 is 6.00. The molecule has 0 bridgehead atoms. The van der Waals surface area contributed by atoms with Crippen LogP contribution in [0.5, 0.6) is 5.75 Å². The average molecular weight is 403 g/mol. The molecule has 0 aliphatic heterocycles. The predicted octanol–water partition coefficient (Wildman–Crippen LogP) is 3.73. The van der Waals surface area contributed by atoms with Crippen molar-refractivity contribution in [1.29, 1.82) is 0 Å². The molecule has 0 saturated carbocycles. The lowest BCUT2D eigenvalue weighted by atomic mass is 10.1. The molecule has 1 unspecified atom stereocenters. The van der Waals surface area contributed by atoms with E-state index in [1.165, 1.54) is 6.26 Å². The first-order valence-corrected chi connectivity index (χ1v) is 8.33. The van der Waals surface area contributed by atoms with Gasteiger partial charge in [0.1, 0.15) is 18.5 Å². The molecule has 1 atom stereocenters. The van der Waals surface area contributed by atoms with Gasteiger partial charge in [0.25, 0.3) is 5.91 Å². The van der Waals surface area contributed by atoms with Crippen LogP contribution < -0.4 is 15.4 Å². The van der Waals surface area contributed by atoms with Gasteiger partial charge in [0.2, 0.25) is 0 Å². The molecule has 2 aromatic rings. The zero-order valence-electron chi connectivity index (χ0n) is 14.9. The Hall–Kier alpha value is -1.73. The molecule has 6 nitrogen and oxygen atoms in total. The molecular weight excluding hydrogens is 379 g/mol. The van der Waals surface area contributed by atoms with Crippen LogP contribution in [0.1, 0.15) is 31.3 Å². The van der Waals surface area contributed by atoms with Crippen molar-refractivity contribution in [3.8, 4) is 5.75 Å². The van der Waals surface area contributed by atoms with E-state index in [0.717, 1.165) is 0 Å². The first kappa shape index (κ1) is 22.3. The van der Waals surface area contributed by atoms with E-state index in [-0.39, 0.29) is 30.3 Å². The maximum absolute atomic E-state index is 12.1. The van der Waals surface area contributed by atoms with Gasteiger partial charge in [-0.1, -0.05) is 11.6 Å². The van der Waals surface area contributed by atoms with Crippen molar-refractivity contribution in [2.45, 2.75) is 32.4 Å². The Morgan fingerprint density at radius 1 is 1.35 bits per heavy atom. The molecule has 1 heterocycles. The van der Waals surface area contributed by atoms with E-state index in [9.17, 15) is 9.90 Å². The summed E-state index contributed by atoms with van der Waals surface area (Å²) in [6.07, 6.45) is 0.728. The van der Waals surface area contributed by atoms with Crippen LogP contribution in [0.15, 0.2) is 41.0 Å². The number of amides is 1. The van der Waals surface area contributed by atoms with E-state index in [4.69, 9.17) is 20.8 Å². The number of ether oxygens (including phenoxy) is 1. The van der Waals surface area contributed by atoms with E-state index in [1.54, 1.807) is 30.3 Å². The Balaban J connectivity index is 0.00000338. The monoisotopic (exact) mass is 402 g/mol. The van der Waals surface area contributed by atoms with Gasteiger partial charge in [-0.15, -0.1) is 12.4 Å². The van der Waals surface area contributed by atoms with E-state index in [0.29, 0.717) is 23.0 Å². The topological polar surface area (TPSA) is 83.7 Å². The van der Waals surface area contributed by atoms with Crippen molar-refractivity contribution >= 4 is 35.6 Å². The zero-order chi connectivity index (χ0) is 18.4. The molecule has 26 heavy (non-hydrogen) atoms. The summed E-state index contributed by atoms with van der Waals surface area (Å²) in [6.45, 7) is 6.52. The molecule has 3 N–H and O–H groups in total. The van der Waals surface area contributed by atoms with Gasteiger partial charge in [0.05, 0.1) is 12.0 Å². The molecule has 1 aromatic heterocycles. The van der Waals surface area contributed by atoms with Crippen LogP contribution >= 0.6 is 24.0 Å². The number of nitrogens with one attached hydrogen (secondary N) is 2. The molecule has 2 rings (SSSR count). The fourth-order valence-corrected chi connectivity index (χ4v) is 2.16. The number of carbonyl (C=O) groups is 1. The summed E-state index contributed by atoms with van der Waals surface area (Å²) in [7, 11) is 0. The summed E-state index contributed by atoms with van der Waals surface area (Å²) in [5.74, 6) is 0.187. The SMILES string of the molecule is CC(C)(C)NCC(O)COc1ccc(Cl)cc1NC(=O)c1ccco1.Cl. The second-order valence-corrected chi connectivity index (χ2v) is 7.10. The number of halogens is 2. The largest absolute Gasteiger partial charge is 0.489 e. The standard InChI is InChI=1S/C18H23ClN2O4.ClH/c1-18(2,3)20-10-13(22)11-25-15-7-6-12(19)9-14(15)21-17(23)16-5-4-8-24-16;/h4-9,13,20,22H,10-11H2,1-3H3,(H,21,23);1H. The lowest BCUT2D eigenvalue weighted by Crippen LogP contribution is -2.42. The Kier molecular flexibility index (Phi) is 8.43. The third-order valence-electron chi connectivity index (χ3n) is 3.23. The minimum absolute atomic E-state index is 0. The molecule has 0 saturated heterocycles. The zero-order valence-corrected chi connectivity index (χ0v) is 16.5. The molecule has 0 aliphatic carbocycles. The van der Waals surface area contributed by atoms with Crippen molar-refractivity contribution < 1.29 is 19.1 Å². The summed E-state index contributed by atoms with van der Waals surface area (Å²) in [4.78, 5) is 12.1. The lowest BCUT2D eigenvalue weighted by Gasteiger charge is -2.23. The van der Waals surface area contributed by atoms with Gasteiger partial charge in [-0.25, -0.2) is 0 Å². The molecule has 0 radical (unpaired) electrons.